The summed E-state index contributed by atoms with van der Waals surface area (Å²) in [6.45, 7) is 22.6. The lowest BCUT2D eigenvalue weighted by Crippen LogP contribution is -2.17. The summed E-state index contributed by atoms with van der Waals surface area (Å²) in [5, 5.41) is 12.7. The van der Waals surface area contributed by atoms with Gasteiger partial charge < -0.3 is 24.1 Å². The Hall–Kier alpha value is -6.30. The van der Waals surface area contributed by atoms with Crippen LogP contribution < -0.4 is 14.2 Å². The second kappa shape index (κ2) is 19.6. The Bertz CT molecular complexity index is 2750. The van der Waals surface area contributed by atoms with E-state index in [-0.39, 0.29) is 22.3 Å². The van der Waals surface area contributed by atoms with Crippen molar-refractivity contribution in [2.75, 3.05) is 6.61 Å². The molecule has 1 saturated heterocycles. The zero-order chi connectivity index (χ0) is 48.5. The molecule has 356 valence electrons. The maximum atomic E-state index is 12.7. The van der Waals surface area contributed by atoms with E-state index in [0.717, 1.165) is 97.0 Å². The van der Waals surface area contributed by atoms with Gasteiger partial charge in [-0.25, -0.2) is 0 Å². The molecule has 7 aromatic carbocycles. The highest BCUT2D eigenvalue weighted by atomic mass is 16.6. The summed E-state index contributed by atoms with van der Waals surface area (Å²) in [4.78, 5) is 0. The molecule has 0 saturated carbocycles. The van der Waals surface area contributed by atoms with Gasteiger partial charge in [0.1, 0.15) is 42.8 Å². The SMILES string of the molecule is CC(C)(C)c1cc2c(OCc3ccccc3)c(c1)Cc1cc(C(C)(C)C)cc(c1OCc1ccccc1)Cc1cc(C(C)(C)C)cc(c1OCc1ccccc1)Cc1cc(CC3CO3)cc(c1O)C2. The smallest absolute Gasteiger partial charge is 0.126 e. The molecule has 1 atom stereocenters. The minimum Gasteiger partial charge on any atom is -0.507 e. The van der Waals surface area contributed by atoms with Crippen LogP contribution in [0.15, 0.2) is 140 Å². The van der Waals surface area contributed by atoms with E-state index >= 15 is 0 Å². The van der Waals surface area contributed by atoms with Crippen LogP contribution in [-0.4, -0.2) is 17.8 Å². The van der Waals surface area contributed by atoms with Gasteiger partial charge >= 0.3 is 0 Å². The van der Waals surface area contributed by atoms with E-state index in [2.05, 4.69) is 190 Å². The molecule has 2 aliphatic rings. The number of epoxide rings is 1. The number of aromatic hydroxyl groups is 1. The highest BCUT2D eigenvalue weighted by Gasteiger charge is 2.29. The van der Waals surface area contributed by atoms with Crippen LogP contribution in [0, 0.1) is 0 Å². The van der Waals surface area contributed by atoms with Gasteiger partial charge in [0, 0.05) is 32.1 Å². The minimum atomic E-state index is -0.171. The normalized spacial score (nSPS) is 14.8. The van der Waals surface area contributed by atoms with Gasteiger partial charge in [0.25, 0.3) is 0 Å². The molecule has 0 radical (unpaired) electrons. The molecule has 0 amide bonds. The van der Waals surface area contributed by atoms with Crippen LogP contribution in [0.1, 0.15) is 146 Å². The second-order valence-electron chi connectivity index (χ2n) is 22.6. The molecule has 0 spiro atoms. The van der Waals surface area contributed by atoms with E-state index in [1.54, 1.807) is 0 Å². The molecule has 7 aromatic rings. The largest absolute Gasteiger partial charge is 0.507 e. The lowest BCUT2D eigenvalue weighted by molar-refractivity contribution is 0.295. The highest BCUT2D eigenvalue weighted by Crippen LogP contribution is 2.44. The topological polar surface area (TPSA) is 60.5 Å². The Morgan fingerprint density at radius 3 is 0.942 bits per heavy atom. The molecule has 9 rings (SSSR count). The van der Waals surface area contributed by atoms with Crippen molar-refractivity contribution < 1.29 is 24.1 Å². The summed E-state index contributed by atoms with van der Waals surface area (Å²) in [7, 11) is 0. The van der Waals surface area contributed by atoms with E-state index in [4.69, 9.17) is 18.9 Å². The van der Waals surface area contributed by atoms with Crippen molar-refractivity contribution in [2.24, 2.45) is 0 Å². The van der Waals surface area contributed by atoms with E-state index in [0.29, 0.717) is 51.3 Å². The lowest BCUT2D eigenvalue weighted by atomic mass is 9.80. The van der Waals surface area contributed by atoms with Crippen molar-refractivity contribution in [3.8, 4) is 23.0 Å². The zero-order valence-electron chi connectivity index (χ0n) is 42.3. The zero-order valence-corrected chi connectivity index (χ0v) is 42.3. The number of hydrogen-bond acceptors (Lipinski definition) is 5. The monoisotopic (exact) mass is 919 g/mol. The fourth-order valence-electron chi connectivity index (χ4n) is 9.58. The molecule has 1 aliphatic carbocycles. The second-order valence-corrected chi connectivity index (χ2v) is 22.6. The van der Waals surface area contributed by atoms with Crippen LogP contribution in [0.4, 0.5) is 0 Å². The molecule has 5 nitrogen and oxygen atoms in total. The number of hydrogen-bond donors (Lipinski definition) is 1. The predicted octanol–water partition coefficient (Wildman–Crippen LogP) is 14.6. The molecule has 1 aliphatic heterocycles. The van der Waals surface area contributed by atoms with Crippen molar-refractivity contribution in [2.45, 2.75) is 137 Å². The van der Waals surface area contributed by atoms with Gasteiger partial charge in [0.05, 0.1) is 12.7 Å². The first-order valence-corrected chi connectivity index (χ1v) is 24.9. The van der Waals surface area contributed by atoms with Crippen molar-refractivity contribution in [3.63, 3.8) is 0 Å². The molecular weight excluding hydrogens is 849 g/mol. The standard InChI is InChI=1S/C64H70O5/c1-62(2,3)54-32-48-28-46-25-45(27-57-41-66-57)26-47(58(46)65)29-49-33-55(63(4,5)6)35-51(60(49)68-39-43-21-15-11-16-22-43)31-53-37-56(64(7,8)9)36-52(61(53)69-40-44-23-17-12-18-24-44)30-50(34-54)59(48)67-38-42-19-13-10-14-20-42/h10-26,32-37,57,65H,27-31,38-41H2,1-9H3. The van der Waals surface area contributed by atoms with Gasteiger partial charge in [0.15, 0.2) is 0 Å². The van der Waals surface area contributed by atoms with Crippen molar-refractivity contribution in [1.82, 2.24) is 0 Å². The molecular formula is C64H70O5. The Balaban J connectivity index is 1.34. The van der Waals surface area contributed by atoms with E-state index in [9.17, 15) is 5.11 Å². The Morgan fingerprint density at radius 2 is 0.681 bits per heavy atom. The average Bonchev–Trinajstić information content (AvgIpc) is 4.13. The number of rotatable bonds is 11. The number of fused-ring (bicyclic) bond motifs is 8. The van der Waals surface area contributed by atoms with Crippen LogP contribution in [0.2, 0.25) is 0 Å². The van der Waals surface area contributed by atoms with Crippen LogP contribution in [-0.2, 0) is 72.9 Å². The van der Waals surface area contributed by atoms with Gasteiger partial charge in [-0.3, -0.25) is 0 Å². The summed E-state index contributed by atoms with van der Waals surface area (Å²) >= 11 is 0. The van der Waals surface area contributed by atoms with Gasteiger partial charge in [-0.05, 0) is 99.7 Å². The molecule has 1 unspecified atom stereocenters. The Kier molecular flexibility index (Phi) is 13.6. The first-order chi connectivity index (χ1) is 32.9. The van der Waals surface area contributed by atoms with Crippen LogP contribution in [0.25, 0.3) is 0 Å². The summed E-state index contributed by atoms with van der Waals surface area (Å²) in [5.41, 5.74) is 15.9. The van der Waals surface area contributed by atoms with Gasteiger partial charge in [-0.2, -0.15) is 0 Å². The third-order valence-electron chi connectivity index (χ3n) is 13.7. The van der Waals surface area contributed by atoms with Crippen LogP contribution in [0.5, 0.6) is 23.0 Å². The maximum absolute atomic E-state index is 12.7. The van der Waals surface area contributed by atoms with Gasteiger partial charge in [-0.15, -0.1) is 0 Å². The average molecular weight is 919 g/mol. The van der Waals surface area contributed by atoms with E-state index in [1.807, 2.05) is 12.1 Å². The highest BCUT2D eigenvalue weighted by molar-refractivity contribution is 5.59. The number of phenolic OH excluding ortho intramolecular Hbond substituents is 1. The minimum absolute atomic E-state index is 0.165. The summed E-state index contributed by atoms with van der Waals surface area (Å²) < 4.78 is 27.3. The summed E-state index contributed by atoms with van der Waals surface area (Å²) in [6, 6.07) is 49.8. The first kappa shape index (κ1) is 47.8. The third-order valence-corrected chi connectivity index (χ3v) is 13.7. The van der Waals surface area contributed by atoms with Crippen molar-refractivity contribution >= 4 is 0 Å². The molecule has 1 N–H and O–H groups in total. The third kappa shape index (κ3) is 11.6. The maximum Gasteiger partial charge on any atom is 0.126 e. The van der Waals surface area contributed by atoms with Crippen molar-refractivity contribution in [1.29, 1.82) is 0 Å². The lowest BCUT2D eigenvalue weighted by Gasteiger charge is -2.28. The van der Waals surface area contributed by atoms with Crippen LogP contribution in [0.3, 0.4) is 0 Å². The van der Waals surface area contributed by atoms with Crippen molar-refractivity contribution in [3.05, 3.63) is 223 Å². The first-order valence-electron chi connectivity index (χ1n) is 24.9. The molecule has 0 aromatic heterocycles. The number of ether oxygens (including phenoxy) is 4. The molecule has 5 heteroatoms. The molecule has 69 heavy (non-hydrogen) atoms. The van der Waals surface area contributed by atoms with E-state index in [1.165, 1.54) is 16.7 Å². The molecule has 1 heterocycles. The quantitative estimate of drug-likeness (QED) is 0.131. The van der Waals surface area contributed by atoms with Gasteiger partial charge in [0.2, 0.25) is 0 Å². The summed E-state index contributed by atoms with van der Waals surface area (Å²) in [6.07, 6.45) is 3.07. The predicted molar refractivity (Wildman–Crippen MR) is 281 cm³/mol. The fourth-order valence-corrected chi connectivity index (χ4v) is 9.58. The van der Waals surface area contributed by atoms with E-state index < -0.39 is 0 Å². The Labute approximate surface area is 411 Å². The van der Waals surface area contributed by atoms with Gasteiger partial charge in [-0.1, -0.05) is 202 Å². The number of benzene rings is 7. The Morgan fingerprint density at radius 1 is 0.406 bits per heavy atom. The summed E-state index contributed by atoms with van der Waals surface area (Å²) in [5.74, 6) is 2.91. The molecule has 8 bridgehead atoms. The number of phenols is 1. The van der Waals surface area contributed by atoms with Crippen LogP contribution >= 0.6 is 0 Å². The fraction of sp³-hybridized carbons (Fsp3) is 0.344. The molecule has 1 fully saturated rings.